The van der Waals surface area contributed by atoms with E-state index in [0.717, 1.165) is 12.6 Å². The van der Waals surface area contributed by atoms with E-state index in [1.54, 1.807) is 0 Å². The van der Waals surface area contributed by atoms with Gasteiger partial charge in [-0.2, -0.15) is 0 Å². The highest BCUT2D eigenvalue weighted by Gasteiger charge is 2.75. The second kappa shape index (κ2) is 8.42. The molecule has 1 aliphatic heterocycles. The summed E-state index contributed by atoms with van der Waals surface area (Å²) in [5.74, 6) is 1.36. The van der Waals surface area contributed by atoms with Crippen LogP contribution < -0.4 is 0 Å². The molecule has 2 aromatic rings. The van der Waals surface area contributed by atoms with E-state index in [2.05, 4.69) is 97.0 Å². The molecular formula is C36H49O2P. The van der Waals surface area contributed by atoms with Crippen LogP contribution in [0, 0.1) is 33.5 Å². The van der Waals surface area contributed by atoms with E-state index >= 15 is 0 Å². The van der Waals surface area contributed by atoms with Crippen LogP contribution in [0.15, 0.2) is 48.5 Å². The van der Waals surface area contributed by atoms with Gasteiger partial charge in [0.25, 0.3) is 0 Å². The number of fused-ring (bicyclic) bond motifs is 11. The van der Waals surface area contributed by atoms with Crippen molar-refractivity contribution in [3.05, 3.63) is 59.7 Å². The molecule has 2 nitrogen and oxygen atoms in total. The lowest BCUT2D eigenvalue weighted by Crippen LogP contribution is -2.54. The van der Waals surface area contributed by atoms with Gasteiger partial charge in [-0.05, 0) is 79.0 Å². The molecule has 0 radical (unpaired) electrons. The Hall–Kier alpha value is -1.21. The van der Waals surface area contributed by atoms with Crippen LogP contribution in [0.5, 0.6) is 0 Å². The zero-order valence-corrected chi connectivity index (χ0v) is 26.3. The molecule has 2 spiro atoms. The summed E-state index contributed by atoms with van der Waals surface area (Å²) in [7, 11) is -1.11. The van der Waals surface area contributed by atoms with Crippen LogP contribution in [0.25, 0.3) is 11.1 Å². The Morgan fingerprint density at radius 1 is 0.692 bits per heavy atom. The molecule has 4 bridgehead atoms. The maximum Gasteiger partial charge on any atom is 0.172 e. The number of hydrogen-bond acceptors (Lipinski definition) is 2. The SMILES string of the molecule is CCCCP1OC2(c3ccccc3-c3ccccc3C3(O1)C1(C)CCC(C1)C3(C)C)C1(C)CCC(C1)C2(C)C. The summed E-state index contributed by atoms with van der Waals surface area (Å²) < 4.78 is 15.8. The summed E-state index contributed by atoms with van der Waals surface area (Å²) in [4.78, 5) is 0. The lowest BCUT2D eigenvalue weighted by Gasteiger charge is -2.57. The van der Waals surface area contributed by atoms with Crippen LogP contribution in [-0.2, 0) is 20.2 Å². The fourth-order valence-electron chi connectivity index (χ4n) is 11.1. The molecule has 0 N–H and O–H groups in total. The molecule has 210 valence electrons. The van der Waals surface area contributed by atoms with Crippen LogP contribution in [0.2, 0.25) is 0 Å². The third-order valence-corrected chi connectivity index (χ3v) is 14.7. The third-order valence-electron chi connectivity index (χ3n) is 13.1. The van der Waals surface area contributed by atoms with Gasteiger partial charge in [0.1, 0.15) is 11.2 Å². The monoisotopic (exact) mass is 544 g/mol. The minimum absolute atomic E-state index is 0.0345. The van der Waals surface area contributed by atoms with Gasteiger partial charge in [-0.15, -0.1) is 0 Å². The van der Waals surface area contributed by atoms with Crippen molar-refractivity contribution >= 4 is 8.38 Å². The average Bonchev–Trinajstić information content (AvgIpc) is 3.60. The predicted molar refractivity (Wildman–Crippen MR) is 163 cm³/mol. The minimum Gasteiger partial charge on any atom is -0.321 e. The van der Waals surface area contributed by atoms with Gasteiger partial charge in [0.2, 0.25) is 0 Å². The number of rotatable bonds is 3. The minimum atomic E-state index is -1.11. The molecule has 3 heteroatoms. The van der Waals surface area contributed by atoms with Crippen molar-refractivity contribution < 1.29 is 9.05 Å². The average molecular weight is 545 g/mol. The number of unbranched alkanes of at least 4 members (excludes halogenated alkanes) is 1. The third kappa shape index (κ3) is 3.05. The lowest BCUT2D eigenvalue weighted by molar-refractivity contribution is -0.160. The Kier molecular flexibility index (Phi) is 5.76. The molecule has 0 saturated heterocycles. The summed E-state index contributed by atoms with van der Waals surface area (Å²) in [5, 5.41) is 0. The normalized spacial score (nSPS) is 42.8. The van der Waals surface area contributed by atoms with E-state index in [1.165, 1.54) is 67.2 Å². The van der Waals surface area contributed by atoms with E-state index in [1.807, 2.05) is 0 Å². The van der Waals surface area contributed by atoms with E-state index in [4.69, 9.17) is 9.05 Å². The van der Waals surface area contributed by atoms with Gasteiger partial charge < -0.3 is 9.05 Å². The topological polar surface area (TPSA) is 18.5 Å². The van der Waals surface area contributed by atoms with Crippen molar-refractivity contribution in [1.82, 2.24) is 0 Å². The first kappa shape index (κ1) is 26.7. The largest absolute Gasteiger partial charge is 0.321 e. The summed E-state index contributed by atoms with van der Waals surface area (Å²) in [6, 6.07) is 18.7. The van der Waals surface area contributed by atoms with Crippen LogP contribution in [-0.4, -0.2) is 6.16 Å². The van der Waals surface area contributed by atoms with Crippen molar-refractivity contribution in [2.24, 2.45) is 33.5 Å². The molecule has 6 unspecified atom stereocenters. The molecule has 4 saturated carbocycles. The zero-order chi connectivity index (χ0) is 27.5. The molecule has 39 heavy (non-hydrogen) atoms. The van der Waals surface area contributed by atoms with E-state index < -0.39 is 8.38 Å². The van der Waals surface area contributed by atoms with Crippen LogP contribution >= 0.6 is 8.38 Å². The highest BCUT2D eigenvalue weighted by atomic mass is 31.2. The summed E-state index contributed by atoms with van der Waals surface area (Å²) in [6.45, 7) is 17.5. The highest BCUT2D eigenvalue weighted by molar-refractivity contribution is 7.47. The number of benzene rings is 2. The number of hydrogen-bond donors (Lipinski definition) is 0. The molecular weight excluding hydrogens is 495 g/mol. The fraction of sp³-hybridized carbons (Fsp3) is 0.667. The Bertz CT molecular complexity index is 1190. The van der Waals surface area contributed by atoms with Crippen molar-refractivity contribution in [3.8, 4) is 11.1 Å². The molecule has 5 aliphatic rings. The Morgan fingerprint density at radius 2 is 1.13 bits per heavy atom. The molecule has 6 atom stereocenters. The second-order valence-electron chi connectivity index (χ2n) is 15.5. The van der Waals surface area contributed by atoms with Crippen molar-refractivity contribution in [1.29, 1.82) is 0 Å². The van der Waals surface area contributed by atoms with Crippen LogP contribution in [0.4, 0.5) is 0 Å². The predicted octanol–water partition coefficient (Wildman–Crippen LogP) is 10.6. The molecule has 7 rings (SSSR count). The van der Waals surface area contributed by atoms with E-state index in [0.29, 0.717) is 11.8 Å². The quantitative estimate of drug-likeness (QED) is 0.358. The molecule has 4 aliphatic carbocycles. The van der Waals surface area contributed by atoms with Gasteiger partial charge in [0.05, 0.1) is 0 Å². The molecule has 4 fully saturated rings. The maximum atomic E-state index is 7.91. The molecule has 0 amide bonds. The highest BCUT2D eigenvalue weighted by Crippen LogP contribution is 2.81. The van der Waals surface area contributed by atoms with Gasteiger partial charge in [-0.25, -0.2) is 0 Å². The molecule has 2 aromatic carbocycles. The maximum absolute atomic E-state index is 7.91. The molecule has 1 heterocycles. The van der Waals surface area contributed by atoms with E-state index in [9.17, 15) is 0 Å². The zero-order valence-electron chi connectivity index (χ0n) is 25.4. The Balaban J connectivity index is 1.57. The Morgan fingerprint density at radius 3 is 1.51 bits per heavy atom. The van der Waals surface area contributed by atoms with Crippen LogP contribution in [0.3, 0.4) is 0 Å². The van der Waals surface area contributed by atoms with Gasteiger partial charge >= 0.3 is 0 Å². The van der Waals surface area contributed by atoms with Crippen LogP contribution in [0.1, 0.15) is 111 Å². The first-order valence-electron chi connectivity index (χ1n) is 15.8. The second-order valence-corrected chi connectivity index (χ2v) is 17.0. The van der Waals surface area contributed by atoms with Crippen molar-refractivity contribution in [2.75, 3.05) is 6.16 Å². The summed E-state index contributed by atoms with van der Waals surface area (Å²) >= 11 is 0. The standard InChI is InChI=1S/C36H49O2P/c1-8-9-22-39-37-35(31(2,3)25-18-20-33(35,6)23-25)29-16-12-10-14-27(29)28-15-11-13-17-30(28)36(38-39)32(4,5)26-19-21-34(36,7)24-26/h10-17,25-26H,8-9,18-24H2,1-7H3. The summed E-state index contributed by atoms with van der Waals surface area (Å²) in [6.07, 6.45) is 11.0. The van der Waals surface area contributed by atoms with Crippen molar-refractivity contribution in [2.45, 2.75) is 111 Å². The van der Waals surface area contributed by atoms with Crippen molar-refractivity contribution in [3.63, 3.8) is 0 Å². The molecule has 0 aromatic heterocycles. The van der Waals surface area contributed by atoms with Gasteiger partial charge in [-0.3, -0.25) is 0 Å². The first-order valence-corrected chi connectivity index (χ1v) is 17.2. The van der Waals surface area contributed by atoms with E-state index in [-0.39, 0.29) is 32.9 Å². The summed E-state index contributed by atoms with van der Waals surface area (Å²) in [5.41, 5.74) is 5.16. The van der Waals surface area contributed by atoms with Gasteiger partial charge in [0.15, 0.2) is 8.38 Å². The van der Waals surface area contributed by atoms with Gasteiger partial charge in [0, 0.05) is 27.8 Å². The lowest BCUT2D eigenvalue weighted by atomic mass is 9.55. The Labute approximate surface area is 238 Å². The van der Waals surface area contributed by atoms with Gasteiger partial charge in [-0.1, -0.05) is 103 Å². The fourth-order valence-corrected chi connectivity index (χ4v) is 13.6. The smallest absolute Gasteiger partial charge is 0.172 e. The first-order chi connectivity index (χ1) is 18.5.